The lowest BCUT2D eigenvalue weighted by Gasteiger charge is -2.25. The average molecular weight is 220 g/mol. The molecule has 2 atom stereocenters. The molecule has 1 fully saturated rings. The number of aliphatic hydroxyl groups is 1. The third kappa shape index (κ3) is 2.25. The van der Waals surface area contributed by atoms with Crippen LogP contribution in [0, 0.1) is 5.92 Å². The number of aliphatic hydroxyl groups excluding tert-OH is 1. The Balaban J connectivity index is 2.14. The summed E-state index contributed by atoms with van der Waals surface area (Å²) in [4.78, 5) is 11.7. The first-order valence-electron chi connectivity index (χ1n) is 5.68. The number of rotatable bonds is 2. The molecule has 3 heteroatoms. The van der Waals surface area contributed by atoms with Gasteiger partial charge in [0.2, 0.25) is 0 Å². The van der Waals surface area contributed by atoms with Crippen molar-refractivity contribution in [3.05, 3.63) is 29.8 Å². The zero-order valence-electron chi connectivity index (χ0n) is 9.10. The minimum Gasteiger partial charge on any atom is -0.508 e. The Morgan fingerprint density at radius 3 is 2.50 bits per heavy atom. The van der Waals surface area contributed by atoms with Crippen LogP contribution in [-0.4, -0.2) is 16.0 Å². The molecule has 0 aromatic heterocycles. The number of hydrogen-bond donors (Lipinski definition) is 2. The van der Waals surface area contributed by atoms with E-state index < -0.39 is 6.10 Å². The Morgan fingerprint density at radius 1 is 1.19 bits per heavy atom. The van der Waals surface area contributed by atoms with Gasteiger partial charge in [-0.1, -0.05) is 18.6 Å². The van der Waals surface area contributed by atoms with E-state index in [2.05, 4.69) is 0 Å². The highest BCUT2D eigenvalue weighted by molar-refractivity contribution is 5.82. The van der Waals surface area contributed by atoms with E-state index in [-0.39, 0.29) is 17.5 Å². The number of phenols is 1. The lowest BCUT2D eigenvalue weighted by atomic mass is 9.82. The molecule has 1 aromatic carbocycles. The number of carbonyl (C=O) groups is 1. The lowest BCUT2D eigenvalue weighted by molar-refractivity contribution is -0.128. The average Bonchev–Trinajstić information content (AvgIpc) is 2.30. The van der Waals surface area contributed by atoms with Gasteiger partial charge in [-0.05, 0) is 30.5 Å². The fourth-order valence-corrected chi connectivity index (χ4v) is 2.25. The van der Waals surface area contributed by atoms with Crippen LogP contribution in [-0.2, 0) is 4.79 Å². The standard InChI is InChI=1S/C13H16O3/c14-10-7-5-9(6-8-10)13(16)11-3-1-2-4-12(11)15/h5-8,11,13-14,16H,1-4H2/t11?,13-/m0/s1. The molecule has 1 aliphatic carbocycles. The van der Waals surface area contributed by atoms with E-state index in [1.54, 1.807) is 12.1 Å². The number of benzene rings is 1. The molecule has 0 heterocycles. The molecule has 1 saturated carbocycles. The van der Waals surface area contributed by atoms with E-state index >= 15 is 0 Å². The van der Waals surface area contributed by atoms with Crippen molar-refractivity contribution < 1.29 is 15.0 Å². The summed E-state index contributed by atoms with van der Waals surface area (Å²) in [5.74, 6) is 0.0658. The fourth-order valence-electron chi connectivity index (χ4n) is 2.25. The van der Waals surface area contributed by atoms with Crippen LogP contribution in [0.4, 0.5) is 0 Å². The summed E-state index contributed by atoms with van der Waals surface area (Å²) in [7, 11) is 0. The number of ketones is 1. The smallest absolute Gasteiger partial charge is 0.138 e. The van der Waals surface area contributed by atoms with Gasteiger partial charge in [0, 0.05) is 12.3 Å². The molecule has 0 amide bonds. The van der Waals surface area contributed by atoms with Gasteiger partial charge in [-0.25, -0.2) is 0 Å². The second kappa shape index (κ2) is 4.66. The van der Waals surface area contributed by atoms with Gasteiger partial charge >= 0.3 is 0 Å². The number of hydrogen-bond acceptors (Lipinski definition) is 3. The quantitative estimate of drug-likeness (QED) is 0.803. The second-order valence-corrected chi connectivity index (χ2v) is 4.35. The number of phenolic OH excluding ortho intramolecular Hbond substituents is 1. The zero-order valence-corrected chi connectivity index (χ0v) is 9.10. The predicted molar refractivity (Wildman–Crippen MR) is 60.0 cm³/mol. The Hall–Kier alpha value is -1.35. The van der Waals surface area contributed by atoms with Crippen molar-refractivity contribution in [3.8, 4) is 5.75 Å². The summed E-state index contributed by atoms with van der Waals surface area (Å²) in [5, 5.41) is 19.3. The molecule has 0 spiro atoms. The van der Waals surface area contributed by atoms with E-state index in [9.17, 15) is 9.90 Å². The summed E-state index contributed by atoms with van der Waals surface area (Å²) in [6.07, 6.45) is 2.57. The van der Waals surface area contributed by atoms with E-state index in [0.717, 1.165) is 19.3 Å². The minimum atomic E-state index is -0.728. The van der Waals surface area contributed by atoms with Crippen molar-refractivity contribution in [2.24, 2.45) is 5.92 Å². The molecule has 1 aromatic rings. The van der Waals surface area contributed by atoms with Gasteiger partial charge in [0.05, 0.1) is 6.10 Å². The number of carbonyl (C=O) groups excluding carboxylic acids is 1. The van der Waals surface area contributed by atoms with Gasteiger partial charge in [0.25, 0.3) is 0 Å². The highest BCUT2D eigenvalue weighted by Gasteiger charge is 2.29. The maximum atomic E-state index is 11.7. The summed E-state index contributed by atoms with van der Waals surface area (Å²) in [6.45, 7) is 0. The van der Waals surface area contributed by atoms with Crippen molar-refractivity contribution in [2.45, 2.75) is 31.8 Å². The SMILES string of the molecule is O=C1CCCCC1[C@@H](O)c1ccc(O)cc1. The van der Waals surface area contributed by atoms with Gasteiger partial charge < -0.3 is 10.2 Å². The fraction of sp³-hybridized carbons (Fsp3) is 0.462. The molecular formula is C13H16O3. The van der Waals surface area contributed by atoms with Crippen molar-refractivity contribution in [2.75, 3.05) is 0 Å². The van der Waals surface area contributed by atoms with Gasteiger partial charge in [-0.15, -0.1) is 0 Å². The molecule has 0 aliphatic heterocycles. The van der Waals surface area contributed by atoms with Crippen LogP contribution in [0.15, 0.2) is 24.3 Å². The Morgan fingerprint density at radius 2 is 1.88 bits per heavy atom. The third-order valence-electron chi connectivity index (χ3n) is 3.22. The van der Waals surface area contributed by atoms with Crippen LogP contribution >= 0.6 is 0 Å². The van der Waals surface area contributed by atoms with E-state index in [4.69, 9.17) is 5.11 Å². The molecule has 2 N–H and O–H groups in total. The topological polar surface area (TPSA) is 57.5 Å². The number of Topliss-reactive ketones (excluding diaryl/α,β-unsaturated/α-hetero) is 1. The maximum Gasteiger partial charge on any atom is 0.138 e. The monoisotopic (exact) mass is 220 g/mol. The largest absolute Gasteiger partial charge is 0.508 e. The molecule has 1 unspecified atom stereocenters. The van der Waals surface area contributed by atoms with Gasteiger partial charge in [0.15, 0.2) is 0 Å². The maximum absolute atomic E-state index is 11.7. The van der Waals surface area contributed by atoms with Crippen LogP contribution in [0.5, 0.6) is 5.75 Å². The van der Waals surface area contributed by atoms with Gasteiger partial charge in [-0.2, -0.15) is 0 Å². The highest BCUT2D eigenvalue weighted by Crippen LogP contribution is 2.32. The van der Waals surface area contributed by atoms with Crippen molar-refractivity contribution >= 4 is 5.78 Å². The molecule has 3 nitrogen and oxygen atoms in total. The second-order valence-electron chi connectivity index (χ2n) is 4.35. The first-order valence-corrected chi connectivity index (χ1v) is 5.68. The Kier molecular flexibility index (Phi) is 3.25. The van der Waals surface area contributed by atoms with Gasteiger partial charge in [-0.3, -0.25) is 4.79 Å². The van der Waals surface area contributed by atoms with Gasteiger partial charge in [0.1, 0.15) is 11.5 Å². The highest BCUT2D eigenvalue weighted by atomic mass is 16.3. The Bertz CT molecular complexity index is 369. The normalized spacial score (nSPS) is 23.1. The molecular weight excluding hydrogens is 204 g/mol. The first kappa shape index (κ1) is 11.1. The summed E-state index contributed by atoms with van der Waals surface area (Å²) in [6, 6.07) is 6.40. The molecule has 86 valence electrons. The van der Waals surface area contributed by atoms with Crippen LogP contribution < -0.4 is 0 Å². The van der Waals surface area contributed by atoms with Crippen LogP contribution in [0.1, 0.15) is 37.4 Å². The Labute approximate surface area is 94.7 Å². The molecule has 0 saturated heterocycles. The van der Waals surface area contributed by atoms with Crippen LogP contribution in [0.25, 0.3) is 0 Å². The molecule has 0 bridgehead atoms. The van der Waals surface area contributed by atoms with Crippen LogP contribution in [0.3, 0.4) is 0 Å². The van der Waals surface area contributed by atoms with Crippen molar-refractivity contribution in [3.63, 3.8) is 0 Å². The molecule has 0 radical (unpaired) electrons. The number of aromatic hydroxyl groups is 1. The molecule has 16 heavy (non-hydrogen) atoms. The van der Waals surface area contributed by atoms with Crippen LogP contribution in [0.2, 0.25) is 0 Å². The van der Waals surface area contributed by atoms with Crippen molar-refractivity contribution in [1.29, 1.82) is 0 Å². The predicted octanol–water partition coefficient (Wildman–Crippen LogP) is 2.18. The summed E-state index contributed by atoms with van der Waals surface area (Å²) < 4.78 is 0. The molecule has 1 aliphatic rings. The zero-order chi connectivity index (χ0) is 11.5. The lowest BCUT2D eigenvalue weighted by Crippen LogP contribution is -2.25. The van der Waals surface area contributed by atoms with E-state index in [1.165, 1.54) is 12.1 Å². The minimum absolute atomic E-state index is 0.159. The van der Waals surface area contributed by atoms with E-state index in [0.29, 0.717) is 12.0 Å². The van der Waals surface area contributed by atoms with Crippen molar-refractivity contribution in [1.82, 2.24) is 0 Å². The van der Waals surface area contributed by atoms with E-state index in [1.807, 2.05) is 0 Å². The third-order valence-corrected chi connectivity index (χ3v) is 3.22. The summed E-state index contributed by atoms with van der Waals surface area (Å²) in [5.41, 5.74) is 0.707. The molecule has 2 rings (SSSR count). The summed E-state index contributed by atoms with van der Waals surface area (Å²) >= 11 is 0. The first-order chi connectivity index (χ1) is 7.68.